The van der Waals surface area contributed by atoms with Crippen LogP contribution in [0.1, 0.15) is 37.2 Å². The molecule has 1 unspecified atom stereocenters. The maximum absolute atomic E-state index is 11.1. The van der Waals surface area contributed by atoms with Crippen LogP contribution in [0, 0.1) is 6.92 Å². The molecule has 1 rings (SSSR count). The maximum atomic E-state index is 11.1. The zero-order valence-corrected chi connectivity index (χ0v) is 9.73. The summed E-state index contributed by atoms with van der Waals surface area (Å²) in [6, 6.07) is 1.67. The minimum atomic E-state index is -0.894. The maximum Gasteiger partial charge on any atom is 0.314 e. The normalized spacial score (nSPS) is 12.2. The fourth-order valence-electron chi connectivity index (χ4n) is 1.47. The van der Waals surface area contributed by atoms with Gasteiger partial charge in [0.1, 0.15) is 11.7 Å². The predicted octanol–water partition coefficient (Wildman–Crippen LogP) is 1.76. The summed E-state index contributed by atoms with van der Waals surface area (Å²) in [5.74, 6) is -0.815. The lowest BCUT2D eigenvalue weighted by Crippen LogP contribution is -2.15. The van der Waals surface area contributed by atoms with Gasteiger partial charge < -0.3 is 9.84 Å². The van der Waals surface area contributed by atoms with Crippen LogP contribution in [0.3, 0.4) is 0 Å². The Morgan fingerprint density at radius 1 is 1.56 bits per heavy atom. The fraction of sp³-hybridized carbons (Fsp3) is 0.545. The van der Waals surface area contributed by atoms with Crippen LogP contribution in [-0.2, 0) is 4.79 Å². The third-order valence-corrected chi connectivity index (χ3v) is 2.24. The van der Waals surface area contributed by atoms with Crippen LogP contribution >= 0.6 is 0 Å². The molecular weight excluding hydrogens is 208 g/mol. The number of carboxylic acid groups (broad SMARTS) is 1. The van der Waals surface area contributed by atoms with Gasteiger partial charge in [-0.1, -0.05) is 13.3 Å². The van der Waals surface area contributed by atoms with E-state index in [1.807, 2.05) is 6.92 Å². The van der Waals surface area contributed by atoms with Crippen molar-refractivity contribution in [2.45, 2.75) is 32.6 Å². The minimum absolute atomic E-state index is 0.325. The van der Waals surface area contributed by atoms with E-state index < -0.39 is 11.9 Å². The molecule has 16 heavy (non-hydrogen) atoms. The number of hydrogen-bond donors (Lipinski definition) is 1. The molecule has 1 aromatic rings. The summed E-state index contributed by atoms with van der Waals surface area (Å²) >= 11 is 0. The van der Waals surface area contributed by atoms with Crippen LogP contribution < -0.4 is 4.74 Å². The van der Waals surface area contributed by atoms with Crippen LogP contribution in [0.25, 0.3) is 0 Å². The molecule has 0 amide bonds. The third kappa shape index (κ3) is 2.92. The smallest absolute Gasteiger partial charge is 0.314 e. The van der Waals surface area contributed by atoms with Crippen LogP contribution in [0.15, 0.2) is 6.07 Å². The van der Waals surface area contributed by atoms with Crippen molar-refractivity contribution in [2.24, 2.45) is 0 Å². The van der Waals surface area contributed by atoms with E-state index in [1.165, 1.54) is 7.11 Å². The van der Waals surface area contributed by atoms with Crippen LogP contribution in [0.5, 0.6) is 5.88 Å². The Labute approximate surface area is 94.5 Å². The summed E-state index contributed by atoms with van der Waals surface area (Å²) in [5, 5.41) is 9.09. The number of nitrogens with zero attached hydrogens (tertiary/aromatic N) is 2. The number of ether oxygens (including phenoxy) is 1. The number of aromatic nitrogens is 2. The molecule has 88 valence electrons. The van der Waals surface area contributed by atoms with Gasteiger partial charge in [-0.05, 0) is 13.3 Å². The Hall–Kier alpha value is -1.65. The Morgan fingerprint density at radius 2 is 2.25 bits per heavy atom. The monoisotopic (exact) mass is 224 g/mol. The number of carboxylic acids is 1. The standard InChI is InChI=1S/C11H16N2O3/c1-4-5-8(11(14)15)10-12-7(2)6-9(13-10)16-3/h6,8H,4-5H2,1-3H3,(H,14,15). The van der Waals surface area contributed by atoms with E-state index in [2.05, 4.69) is 9.97 Å². The molecule has 0 aliphatic carbocycles. The summed E-state index contributed by atoms with van der Waals surface area (Å²) in [5.41, 5.74) is 0.712. The summed E-state index contributed by atoms with van der Waals surface area (Å²) in [4.78, 5) is 19.3. The van der Waals surface area contributed by atoms with Crippen molar-refractivity contribution in [2.75, 3.05) is 7.11 Å². The highest BCUT2D eigenvalue weighted by Gasteiger charge is 2.22. The topological polar surface area (TPSA) is 72.3 Å². The number of carbonyl (C=O) groups is 1. The first-order valence-electron chi connectivity index (χ1n) is 5.20. The first kappa shape index (κ1) is 12.4. The highest BCUT2D eigenvalue weighted by atomic mass is 16.5. The molecule has 0 bridgehead atoms. The second-order valence-electron chi connectivity index (χ2n) is 3.59. The van der Waals surface area contributed by atoms with E-state index in [0.29, 0.717) is 23.8 Å². The lowest BCUT2D eigenvalue weighted by molar-refractivity contribution is -0.139. The lowest BCUT2D eigenvalue weighted by Gasteiger charge is -2.11. The van der Waals surface area contributed by atoms with Gasteiger partial charge in [0.2, 0.25) is 5.88 Å². The average Bonchev–Trinajstić information content (AvgIpc) is 2.24. The van der Waals surface area contributed by atoms with Gasteiger partial charge in [0, 0.05) is 11.8 Å². The zero-order valence-electron chi connectivity index (χ0n) is 9.73. The number of rotatable bonds is 5. The van der Waals surface area contributed by atoms with Crippen molar-refractivity contribution < 1.29 is 14.6 Å². The van der Waals surface area contributed by atoms with E-state index in [0.717, 1.165) is 6.42 Å². The average molecular weight is 224 g/mol. The van der Waals surface area contributed by atoms with Crippen molar-refractivity contribution >= 4 is 5.97 Å². The van der Waals surface area contributed by atoms with E-state index in [-0.39, 0.29) is 0 Å². The van der Waals surface area contributed by atoms with E-state index >= 15 is 0 Å². The van der Waals surface area contributed by atoms with Crippen molar-refractivity contribution in [1.29, 1.82) is 0 Å². The first-order chi connectivity index (χ1) is 7.58. The predicted molar refractivity (Wildman–Crippen MR) is 58.6 cm³/mol. The summed E-state index contributed by atoms with van der Waals surface area (Å²) in [6.45, 7) is 3.72. The summed E-state index contributed by atoms with van der Waals surface area (Å²) in [7, 11) is 1.50. The molecular formula is C11H16N2O3. The van der Waals surface area contributed by atoms with Gasteiger partial charge in [0.25, 0.3) is 0 Å². The molecule has 1 atom stereocenters. The molecule has 5 nitrogen and oxygen atoms in total. The molecule has 0 saturated carbocycles. The largest absolute Gasteiger partial charge is 0.481 e. The van der Waals surface area contributed by atoms with E-state index in [1.54, 1.807) is 13.0 Å². The molecule has 0 aromatic carbocycles. The Kier molecular flexibility index (Phi) is 4.22. The third-order valence-electron chi connectivity index (χ3n) is 2.24. The molecule has 1 aromatic heterocycles. The Morgan fingerprint density at radius 3 is 2.75 bits per heavy atom. The zero-order chi connectivity index (χ0) is 12.1. The molecule has 0 aliphatic heterocycles. The molecule has 0 radical (unpaired) electrons. The second-order valence-corrected chi connectivity index (χ2v) is 3.59. The van der Waals surface area contributed by atoms with Crippen molar-refractivity contribution in [3.63, 3.8) is 0 Å². The van der Waals surface area contributed by atoms with Crippen molar-refractivity contribution in [1.82, 2.24) is 9.97 Å². The number of hydrogen-bond acceptors (Lipinski definition) is 4. The van der Waals surface area contributed by atoms with Gasteiger partial charge in [0.05, 0.1) is 7.11 Å². The molecule has 1 N–H and O–H groups in total. The van der Waals surface area contributed by atoms with Gasteiger partial charge in [-0.25, -0.2) is 4.98 Å². The van der Waals surface area contributed by atoms with Crippen LogP contribution in [-0.4, -0.2) is 28.2 Å². The number of aliphatic carboxylic acids is 1. The van der Waals surface area contributed by atoms with Crippen LogP contribution in [0.4, 0.5) is 0 Å². The van der Waals surface area contributed by atoms with E-state index in [4.69, 9.17) is 9.84 Å². The molecule has 1 heterocycles. The molecule has 0 saturated heterocycles. The first-order valence-corrected chi connectivity index (χ1v) is 5.20. The van der Waals surface area contributed by atoms with Crippen molar-refractivity contribution in [3.05, 3.63) is 17.6 Å². The summed E-state index contributed by atoms with van der Waals surface area (Å²) < 4.78 is 5.00. The minimum Gasteiger partial charge on any atom is -0.481 e. The van der Waals surface area contributed by atoms with Gasteiger partial charge in [-0.15, -0.1) is 0 Å². The molecule has 5 heteroatoms. The molecule has 0 fully saturated rings. The fourth-order valence-corrected chi connectivity index (χ4v) is 1.47. The number of methoxy groups -OCH3 is 1. The van der Waals surface area contributed by atoms with Crippen molar-refractivity contribution in [3.8, 4) is 5.88 Å². The van der Waals surface area contributed by atoms with E-state index in [9.17, 15) is 4.79 Å². The van der Waals surface area contributed by atoms with Gasteiger partial charge in [0.15, 0.2) is 0 Å². The van der Waals surface area contributed by atoms with Gasteiger partial charge in [-0.2, -0.15) is 4.98 Å². The van der Waals surface area contributed by atoms with Gasteiger partial charge >= 0.3 is 5.97 Å². The quantitative estimate of drug-likeness (QED) is 0.825. The second kappa shape index (κ2) is 5.44. The SMILES string of the molecule is CCCC(C(=O)O)c1nc(C)cc(OC)n1. The Bertz CT molecular complexity index is 379. The Balaban J connectivity index is 3.08. The summed E-state index contributed by atoms with van der Waals surface area (Å²) in [6.07, 6.45) is 1.30. The molecule has 0 spiro atoms. The molecule has 0 aliphatic rings. The van der Waals surface area contributed by atoms with Gasteiger partial charge in [-0.3, -0.25) is 4.79 Å². The highest BCUT2D eigenvalue weighted by Crippen LogP contribution is 2.20. The van der Waals surface area contributed by atoms with Crippen LogP contribution in [0.2, 0.25) is 0 Å². The highest BCUT2D eigenvalue weighted by molar-refractivity contribution is 5.74. The number of aryl methyl sites for hydroxylation is 1. The lowest BCUT2D eigenvalue weighted by atomic mass is 10.0.